The molecule has 0 radical (unpaired) electrons. The van der Waals surface area contributed by atoms with Gasteiger partial charge in [0.15, 0.2) is 11.6 Å². The van der Waals surface area contributed by atoms with Crippen LogP contribution in [0.2, 0.25) is 0 Å². The fourth-order valence-corrected chi connectivity index (χ4v) is 1.52. The second-order valence-electron chi connectivity index (χ2n) is 3.51. The van der Waals surface area contributed by atoms with Crippen LogP contribution < -0.4 is 16.2 Å². The van der Waals surface area contributed by atoms with Crippen molar-refractivity contribution in [3.8, 4) is 11.4 Å². The Hall–Kier alpha value is -2.50. The molecule has 0 fully saturated rings. The van der Waals surface area contributed by atoms with Crippen LogP contribution in [0.4, 0.5) is 10.6 Å². The van der Waals surface area contributed by atoms with Crippen molar-refractivity contribution in [1.29, 1.82) is 0 Å². The van der Waals surface area contributed by atoms with Gasteiger partial charge in [-0.1, -0.05) is 18.2 Å². The lowest BCUT2D eigenvalue weighted by molar-refractivity contribution is 0.211. The Morgan fingerprint density at radius 1 is 1.41 bits per heavy atom. The van der Waals surface area contributed by atoms with E-state index >= 15 is 0 Å². The second kappa shape index (κ2) is 4.17. The number of rotatable bonds is 2. The first-order valence-electron chi connectivity index (χ1n) is 4.96. The number of nitrogen functional groups attached to an aromatic ring is 1. The molecule has 6 heteroatoms. The number of hydrogen-bond donors (Lipinski definition) is 2. The number of ether oxygens (including phenoxy) is 1. The van der Waals surface area contributed by atoms with Gasteiger partial charge in [0.05, 0.1) is 11.9 Å². The maximum Gasteiger partial charge on any atom is 0.410 e. The van der Waals surface area contributed by atoms with Gasteiger partial charge in [-0.15, -0.1) is 0 Å². The molecule has 0 saturated carbocycles. The molecule has 1 heterocycles. The summed E-state index contributed by atoms with van der Waals surface area (Å²) in [6.07, 6.45) is 0.438. The molecule has 0 aliphatic carbocycles. The molecule has 0 aliphatic rings. The Kier molecular flexibility index (Phi) is 2.70. The zero-order valence-electron chi connectivity index (χ0n) is 9.25. The lowest BCUT2D eigenvalue weighted by Crippen LogP contribution is -2.16. The number of nitrogens with zero attached hydrogens (tertiary/aromatic N) is 2. The first-order chi connectivity index (χ1) is 8.09. The third-order valence-electron chi connectivity index (χ3n) is 2.33. The van der Waals surface area contributed by atoms with Gasteiger partial charge in [0.25, 0.3) is 0 Å². The van der Waals surface area contributed by atoms with Crippen LogP contribution in [0.15, 0.2) is 30.5 Å². The standard InChI is InChI=1S/C11H12N4O2/c1-7-4-2-3-5-8(7)15-10(12)9(6-14-15)17-11(13)16/h2-6H,12H2,1H3,(H2,13,16). The summed E-state index contributed by atoms with van der Waals surface area (Å²) in [5.41, 5.74) is 12.6. The van der Waals surface area contributed by atoms with E-state index in [1.165, 1.54) is 10.9 Å². The SMILES string of the molecule is Cc1ccccc1-n1ncc(OC(N)=O)c1N. The molecule has 0 atom stereocenters. The number of primary amides is 1. The highest BCUT2D eigenvalue weighted by molar-refractivity contribution is 5.70. The third-order valence-corrected chi connectivity index (χ3v) is 2.33. The minimum absolute atomic E-state index is 0.153. The first kappa shape index (κ1) is 11.0. The summed E-state index contributed by atoms with van der Waals surface area (Å²) < 4.78 is 6.21. The highest BCUT2D eigenvalue weighted by Gasteiger charge is 2.13. The number of carbonyl (C=O) groups excluding carboxylic acids is 1. The minimum atomic E-state index is -0.916. The van der Waals surface area contributed by atoms with Gasteiger partial charge < -0.3 is 16.2 Å². The van der Waals surface area contributed by atoms with E-state index in [9.17, 15) is 4.79 Å². The summed E-state index contributed by atoms with van der Waals surface area (Å²) in [6, 6.07) is 7.59. The van der Waals surface area contributed by atoms with Gasteiger partial charge in [-0.25, -0.2) is 9.48 Å². The molecule has 0 aliphatic heterocycles. The lowest BCUT2D eigenvalue weighted by Gasteiger charge is -2.07. The van der Waals surface area contributed by atoms with Gasteiger partial charge in [-0.3, -0.25) is 0 Å². The monoisotopic (exact) mass is 232 g/mol. The van der Waals surface area contributed by atoms with Crippen LogP contribution in [0.1, 0.15) is 5.56 Å². The van der Waals surface area contributed by atoms with E-state index < -0.39 is 6.09 Å². The number of carbonyl (C=O) groups is 1. The van der Waals surface area contributed by atoms with E-state index in [1.54, 1.807) is 0 Å². The van der Waals surface area contributed by atoms with E-state index in [0.717, 1.165) is 11.3 Å². The molecule has 0 bridgehead atoms. The number of aryl methyl sites for hydroxylation is 1. The maximum atomic E-state index is 10.6. The van der Waals surface area contributed by atoms with E-state index in [2.05, 4.69) is 5.10 Å². The van der Waals surface area contributed by atoms with E-state index in [4.69, 9.17) is 16.2 Å². The number of anilines is 1. The number of hydrogen-bond acceptors (Lipinski definition) is 4. The zero-order valence-corrected chi connectivity index (χ0v) is 9.25. The van der Waals surface area contributed by atoms with Crippen molar-refractivity contribution in [2.24, 2.45) is 5.73 Å². The van der Waals surface area contributed by atoms with Gasteiger partial charge >= 0.3 is 6.09 Å². The highest BCUT2D eigenvalue weighted by Crippen LogP contribution is 2.25. The van der Waals surface area contributed by atoms with E-state index in [-0.39, 0.29) is 11.6 Å². The average molecular weight is 232 g/mol. The van der Waals surface area contributed by atoms with Crippen LogP contribution in [-0.4, -0.2) is 15.9 Å². The molecular formula is C11H12N4O2. The number of benzene rings is 1. The fraction of sp³-hybridized carbons (Fsp3) is 0.0909. The Morgan fingerprint density at radius 3 is 2.76 bits per heavy atom. The van der Waals surface area contributed by atoms with Gasteiger partial charge in [-0.05, 0) is 18.6 Å². The van der Waals surface area contributed by atoms with Gasteiger partial charge in [0, 0.05) is 0 Å². The van der Waals surface area contributed by atoms with Crippen molar-refractivity contribution in [3.63, 3.8) is 0 Å². The maximum absolute atomic E-state index is 10.6. The Labute approximate surface area is 97.8 Å². The van der Waals surface area contributed by atoms with Crippen molar-refractivity contribution < 1.29 is 9.53 Å². The minimum Gasteiger partial charge on any atom is -0.405 e. The van der Waals surface area contributed by atoms with Crippen molar-refractivity contribution in [2.75, 3.05) is 5.73 Å². The van der Waals surface area contributed by atoms with Crippen LogP contribution >= 0.6 is 0 Å². The molecule has 0 spiro atoms. The molecule has 1 amide bonds. The summed E-state index contributed by atoms with van der Waals surface area (Å²) in [5.74, 6) is 0.388. The van der Waals surface area contributed by atoms with E-state index in [0.29, 0.717) is 0 Å². The Balaban J connectivity index is 2.44. The fourth-order valence-electron chi connectivity index (χ4n) is 1.52. The van der Waals surface area contributed by atoms with Crippen molar-refractivity contribution >= 4 is 11.9 Å². The smallest absolute Gasteiger partial charge is 0.405 e. The normalized spacial score (nSPS) is 10.2. The predicted octanol–water partition coefficient (Wildman–Crippen LogP) is 1.22. The van der Waals surface area contributed by atoms with Crippen LogP contribution in [0, 0.1) is 6.92 Å². The molecule has 2 aromatic rings. The molecule has 6 nitrogen and oxygen atoms in total. The summed E-state index contributed by atoms with van der Waals surface area (Å²) >= 11 is 0. The quantitative estimate of drug-likeness (QED) is 0.813. The highest BCUT2D eigenvalue weighted by atomic mass is 16.5. The second-order valence-corrected chi connectivity index (χ2v) is 3.51. The summed E-state index contributed by atoms with van der Waals surface area (Å²) in [5, 5.41) is 4.06. The van der Waals surface area contributed by atoms with Crippen molar-refractivity contribution in [2.45, 2.75) is 6.92 Å². The molecule has 1 aromatic carbocycles. The van der Waals surface area contributed by atoms with Gasteiger partial charge in [-0.2, -0.15) is 5.10 Å². The van der Waals surface area contributed by atoms with Crippen LogP contribution in [0.3, 0.4) is 0 Å². The van der Waals surface area contributed by atoms with Crippen LogP contribution in [0.25, 0.3) is 5.69 Å². The summed E-state index contributed by atoms with van der Waals surface area (Å²) in [4.78, 5) is 10.6. The summed E-state index contributed by atoms with van der Waals surface area (Å²) in [7, 11) is 0. The largest absolute Gasteiger partial charge is 0.410 e. The zero-order chi connectivity index (χ0) is 12.4. The lowest BCUT2D eigenvalue weighted by atomic mass is 10.2. The average Bonchev–Trinajstić information content (AvgIpc) is 2.61. The molecule has 1 aromatic heterocycles. The third kappa shape index (κ3) is 2.05. The molecule has 0 unspecified atom stereocenters. The van der Waals surface area contributed by atoms with Crippen LogP contribution in [0.5, 0.6) is 5.75 Å². The first-order valence-corrected chi connectivity index (χ1v) is 4.96. The van der Waals surface area contributed by atoms with E-state index in [1.807, 2.05) is 31.2 Å². The molecule has 2 rings (SSSR count). The Bertz CT molecular complexity index is 562. The summed E-state index contributed by atoms with van der Waals surface area (Å²) in [6.45, 7) is 1.94. The van der Waals surface area contributed by atoms with Crippen molar-refractivity contribution in [3.05, 3.63) is 36.0 Å². The number of aromatic nitrogens is 2. The topological polar surface area (TPSA) is 96.2 Å². The Morgan fingerprint density at radius 2 is 2.12 bits per heavy atom. The molecule has 4 N–H and O–H groups in total. The van der Waals surface area contributed by atoms with Crippen molar-refractivity contribution in [1.82, 2.24) is 9.78 Å². The molecule has 17 heavy (non-hydrogen) atoms. The number of para-hydroxylation sites is 1. The van der Waals surface area contributed by atoms with Crippen LogP contribution in [-0.2, 0) is 0 Å². The predicted molar refractivity (Wildman–Crippen MR) is 62.9 cm³/mol. The molecule has 88 valence electrons. The number of nitrogens with two attached hydrogens (primary N) is 2. The molecule has 0 saturated heterocycles. The number of amides is 1. The van der Waals surface area contributed by atoms with Gasteiger partial charge in [0.2, 0.25) is 0 Å². The van der Waals surface area contributed by atoms with Gasteiger partial charge in [0.1, 0.15) is 0 Å². The molecular weight excluding hydrogens is 220 g/mol.